The van der Waals surface area contributed by atoms with Gasteiger partial charge in [0.1, 0.15) is 0 Å². The van der Waals surface area contributed by atoms with Gasteiger partial charge >= 0.3 is 0 Å². The summed E-state index contributed by atoms with van der Waals surface area (Å²) in [6, 6.07) is 0.0454. The van der Waals surface area contributed by atoms with Crippen LogP contribution in [0.25, 0.3) is 0 Å². The molecule has 0 aliphatic carbocycles. The molecule has 0 bridgehead atoms. The summed E-state index contributed by atoms with van der Waals surface area (Å²) in [6.45, 7) is 3.04. The van der Waals surface area contributed by atoms with Crippen molar-refractivity contribution in [1.29, 1.82) is 0 Å². The Balaban J connectivity index is 3.30. The summed E-state index contributed by atoms with van der Waals surface area (Å²) >= 11 is 0. The summed E-state index contributed by atoms with van der Waals surface area (Å²) in [5.41, 5.74) is 11.0. The topological polar surface area (TPSA) is 81.1 Å². The van der Waals surface area contributed by atoms with Crippen molar-refractivity contribution in [1.82, 2.24) is 5.32 Å². The van der Waals surface area contributed by atoms with Crippen LogP contribution in [0.15, 0.2) is 0 Å². The van der Waals surface area contributed by atoms with Crippen LogP contribution in [-0.2, 0) is 4.79 Å². The number of hydrogen-bond acceptors (Lipinski definition) is 3. The van der Waals surface area contributed by atoms with Crippen molar-refractivity contribution in [2.24, 2.45) is 11.5 Å². The third-order valence-corrected chi connectivity index (χ3v) is 1.66. The molecule has 0 rings (SSSR count). The summed E-state index contributed by atoms with van der Waals surface area (Å²) in [4.78, 5) is 10.8. The zero-order chi connectivity index (χ0) is 9.40. The van der Waals surface area contributed by atoms with E-state index < -0.39 is 0 Å². The Morgan fingerprint density at radius 3 is 2.75 bits per heavy atom. The molecule has 72 valence electrons. The van der Waals surface area contributed by atoms with E-state index in [2.05, 4.69) is 5.32 Å². The van der Waals surface area contributed by atoms with E-state index >= 15 is 0 Å². The van der Waals surface area contributed by atoms with Crippen molar-refractivity contribution in [3.05, 3.63) is 0 Å². The van der Waals surface area contributed by atoms with Gasteiger partial charge in [0, 0.05) is 19.0 Å². The van der Waals surface area contributed by atoms with Gasteiger partial charge in [0.25, 0.3) is 0 Å². The first-order valence-electron chi connectivity index (χ1n) is 4.43. The minimum atomic E-state index is 0.0454. The van der Waals surface area contributed by atoms with Gasteiger partial charge in [0.15, 0.2) is 0 Å². The van der Waals surface area contributed by atoms with E-state index in [-0.39, 0.29) is 11.9 Å². The summed E-state index contributed by atoms with van der Waals surface area (Å²) in [7, 11) is 0. The number of nitrogens with two attached hydrogens (primary N) is 2. The van der Waals surface area contributed by atoms with E-state index in [0.29, 0.717) is 19.5 Å². The van der Waals surface area contributed by atoms with Crippen LogP contribution in [-0.4, -0.2) is 25.0 Å². The van der Waals surface area contributed by atoms with Gasteiger partial charge in [0.05, 0.1) is 0 Å². The molecular formula is C8H19N3O. The molecule has 0 spiro atoms. The first-order chi connectivity index (χ1) is 5.70. The van der Waals surface area contributed by atoms with Crippen LogP contribution in [0.4, 0.5) is 0 Å². The van der Waals surface area contributed by atoms with Crippen molar-refractivity contribution in [2.75, 3.05) is 13.1 Å². The molecular weight excluding hydrogens is 154 g/mol. The number of carbonyl (C=O) groups excluding carboxylic acids is 1. The molecule has 1 amide bonds. The third-order valence-electron chi connectivity index (χ3n) is 1.66. The fraction of sp³-hybridized carbons (Fsp3) is 0.875. The van der Waals surface area contributed by atoms with Gasteiger partial charge in [-0.3, -0.25) is 4.79 Å². The maximum atomic E-state index is 10.8. The highest BCUT2D eigenvalue weighted by atomic mass is 16.1. The Labute approximate surface area is 73.7 Å². The lowest BCUT2D eigenvalue weighted by Gasteiger charge is -2.11. The van der Waals surface area contributed by atoms with Crippen LogP contribution in [0.3, 0.4) is 0 Å². The van der Waals surface area contributed by atoms with Gasteiger partial charge in [-0.05, 0) is 19.4 Å². The van der Waals surface area contributed by atoms with Crippen molar-refractivity contribution in [3.8, 4) is 0 Å². The Morgan fingerprint density at radius 1 is 1.58 bits per heavy atom. The van der Waals surface area contributed by atoms with Gasteiger partial charge in [-0.2, -0.15) is 0 Å². The monoisotopic (exact) mass is 173 g/mol. The van der Waals surface area contributed by atoms with Gasteiger partial charge in [0.2, 0.25) is 5.91 Å². The van der Waals surface area contributed by atoms with E-state index in [0.717, 1.165) is 12.8 Å². The standard InChI is InChI=1S/C8H19N3O/c1-2-8(12)11-6-7(10)4-3-5-9/h7H,2-6,9-10H2,1H3,(H,11,12)/t7-/m1/s1. The third kappa shape index (κ3) is 6.12. The largest absolute Gasteiger partial charge is 0.355 e. The minimum absolute atomic E-state index is 0.0454. The fourth-order valence-electron chi connectivity index (χ4n) is 0.852. The molecule has 0 aromatic heterocycles. The summed E-state index contributed by atoms with van der Waals surface area (Å²) in [5, 5.41) is 2.74. The molecule has 0 radical (unpaired) electrons. The van der Waals surface area contributed by atoms with Crippen molar-refractivity contribution >= 4 is 5.91 Å². The van der Waals surface area contributed by atoms with E-state index in [1.165, 1.54) is 0 Å². The second-order valence-electron chi connectivity index (χ2n) is 2.85. The highest BCUT2D eigenvalue weighted by Gasteiger charge is 2.02. The number of nitrogens with one attached hydrogen (secondary N) is 1. The quantitative estimate of drug-likeness (QED) is 0.510. The second kappa shape index (κ2) is 7.06. The lowest BCUT2D eigenvalue weighted by molar-refractivity contribution is -0.120. The number of carbonyl (C=O) groups is 1. The lowest BCUT2D eigenvalue weighted by Crippen LogP contribution is -2.37. The lowest BCUT2D eigenvalue weighted by atomic mass is 10.1. The van der Waals surface area contributed by atoms with Crippen molar-refractivity contribution in [3.63, 3.8) is 0 Å². The molecule has 0 heterocycles. The molecule has 0 aliphatic rings. The molecule has 5 N–H and O–H groups in total. The van der Waals surface area contributed by atoms with Gasteiger partial charge in [-0.1, -0.05) is 6.92 Å². The number of rotatable bonds is 6. The van der Waals surface area contributed by atoms with Gasteiger partial charge < -0.3 is 16.8 Å². The number of hydrogen-bond donors (Lipinski definition) is 3. The normalized spacial score (nSPS) is 12.6. The average Bonchev–Trinajstić information content (AvgIpc) is 2.10. The second-order valence-corrected chi connectivity index (χ2v) is 2.85. The highest BCUT2D eigenvalue weighted by Crippen LogP contribution is 1.90. The highest BCUT2D eigenvalue weighted by molar-refractivity contribution is 5.75. The van der Waals surface area contributed by atoms with Gasteiger partial charge in [-0.15, -0.1) is 0 Å². The van der Waals surface area contributed by atoms with Crippen LogP contribution in [0, 0.1) is 0 Å². The molecule has 12 heavy (non-hydrogen) atoms. The SMILES string of the molecule is CCC(=O)NC[C@H](N)CCCN. The molecule has 0 unspecified atom stereocenters. The Morgan fingerprint density at radius 2 is 2.25 bits per heavy atom. The molecule has 0 aromatic carbocycles. The molecule has 0 saturated carbocycles. The molecule has 4 nitrogen and oxygen atoms in total. The molecule has 0 fully saturated rings. The first-order valence-corrected chi connectivity index (χ1v) is 4.43. The molecule has 0 aliphatic heterocycles. The van der Waals surface area contributed by atoms with E-state index in [9.17, 15) is 4.79 Å². The predicted molar refractivity (Wildman–Crippen MR) is 49.6 cm³/mol. The zero-order valence-electron chi connectivity index (χ0n) is 7.68. The van der Waals surface area contributed by atoms with Crippen molar-refractivity contribution in [2.45, 2.75) is 32.2 Å². The Kier molecular flexibility index (Phi) is 6.70. The van der Waals surface area contributed by atoms with Crippen LogP contribution < -0.4 is 16.8 Å². The summed E-state index contributed by atoms with van der Waals surface area (Å²) in [6.07, 6.45) is 2.31. The minimum Gasteiger partial charge on any atom is -0.355 e. The summed E-state index contributed by atoms with van der Waals surface area (Å²) < 4.78 is 0. The Hall–Kier alpha value is -0.610. The Bertz CT molecular complexity index is 127. The van der Waals surface area contributed by atoms with Crippen LogP contribution in [0.5, 0.6) is 0 Å². The first kappa shape index (κ1) is 11.4. The average molecular weight is 173 g/mol. The number of amides is 1. The van der Waals surface area contributed by atoms with Crippen LogP contribution in [0.2, 0.25) is 0 Å². The van der Waals surface area contributed by atoms with Crippen LogP contribution >= 0.6 is 0 Å². The van der Waals surface area contributed by atoms with E-state index in [1.807, 2.05) is 6.92 Å². The van der Waals surface area contributed by atoms with Gasteiger partial charge in [-0.25, -0.2) is 0 Å². The zero-order valence-corrected chi connectivity index (χ0v) is 7.68. The molecule has 0 saturated heterocycles. The van der Waals surface area contributed by atoms with E-state index in [4.69, 9.17) is 11.5 Å². The maximum Gasteiger partial charge on any atom is 0.219 e. The fourth-order valence-corrected chi connectivity index (χ4v) is 0.852. The van der Waals surface area contributed by atoms with Crippen LogP contribution in [0.1, 0.15) is 26.2 Å². The van der Waals surface area contributed by atoms with Crippen molar-refractivity contribution < 1.29 is 4.79 Å². The maximum absolute atomic E-state index is 10.8. The summed E-state index contributed by atoms with van der Waals surface area (Å²) in [5.74, 6) is 0.0539. The molecule has 1 atom stereocenters. The molecule has 0 aromatic rings. The smallest absolute Gasteiger partial charge is 0.219 e. The predicted octanol–water partition coefficient (Wildman–Crippen LogP) is -0.421. The van der Waals surface area contributed by atoms with E-state index in [1.54, 1.807) is 0 Å². The molecule has 4 heteroatoms.